The predicted molar refractivity (Wildman–Crippen MR) is 52.8 cm³/mol. The lowest BCUT2D eigenvalue weighted by Crippen LogP contribution is -2.46. The first-order chi connectivity index (χ1) is 7.12. The first-order valence-corrected chi connectivity index (χ1v) is 6.15. The third kappa shape index (κ3) is 1.90. The second kappa shape index (κ2) is 3.92. The number of aromatic amines is 1. The van der Waals surface area contributed by atoms with Crippen molar-refractivity contribution in [1.82, 2.24) is 14.5 Å². The van der Waals surface area contributed by atoms with Gasteiger partial charge in [-0.05, 0) is 6.92 Å². The van der Waals surface area contributed by atoms with E-state index in [0.29, 0.717) is 19.8 Å². The normalized spacial score (nSPS) is 24.2. The Labute approximate surface area is 88.3 Å². The highest BCUT2D eigenvalue weighted by Crippen LogP contribution is 2.18. The molecule has 2 heterocycles. The van der Waals surface area contributed by atoms with Gasteiger partial charge in [-0.3, -0.25) is 5.10 Å². The van der Waals surface area contributed by atoms with Crippen LogP contribution in [0.3, 0.4) is 0 Å². The van der Waals surface area contributed by atoms with Crippen LogP contribution in [-0.2, 0) is 14.8 Å². The molecule has 1 saturated heterocycles. The fourth-order valence-corrected chi connectivity index (χ4v) is 3.09. The van der Waals surface area contributed by atoms with Gasteiger partial charge in [-0.1, -0.05) is 0 Å². The number of rotatable bonds is 2. The minimum absolute atomic E-state index is 0.126. The molecule has 84 valence electrons. The summed E-state index contributed by atoms with van der Waals surface area (Å²) < 4.78 is 30.8. The number of hydrogen-bond acceptors (Lipinski definition) is 4. The third-order valence-electron chi connectivity index (χ3n) is 2.39. The van der Waals surface area contributed by atoms with Crippen molar-refractivity contribution in [1.29, 1.82) is 0 Å². The second-order valence-electron chi connectivity index (χ2n) is 3.47. The summed E-state index contributed by atoms with van der Waals surface area (Å²) >= 11 is 0. The monoisotopic (exact) mass is 231 g/mol. The van der Waals surface area contributed by atoms with Gasteiger partial charge in [-0.25, -0.2) is 8.42 Å². The quantitative estimate of drug-likeness (QED) is 0.766. The van der Waals surface area contributed by atoms with E-state index in [0.717, 1.165) is 0 Å². The highest BCUT2D eigenvalue weighted by molar-refractivity contribution is 7.89. The molecule has 0 spiro atoms. The summed E-state index contributed by atoms with van der Waals surface area (Å²) in [6.07, 6.45) is 2.70. The lowest BCUT2D eigenvalue weighted by atomic mass is 10.3. The molecule has 0 amide bonds. The first kappa shape index (κ1) is 10.6. The molecule has 1 aromatic heterocycles. The fraction of sp³-hybridized carbons (Fsp3) is 0.625. The average Bonchev–Trinajstić information content (AvgIpc) is 2.71. The number of ether oxygens (including phenoxy) is 1. The van der Waals surface area contributed by atoms with Crippen molar-refractivity contribution in [2.45, 2.75) is 17.9 Å². The van der Waals surface area contributed by atoms with Crippen molar-refractivity contribution >= 4 is 10.0 Å². The standard InChI is InChI=1S/C8H13N3O3S/c1-7-6-14-3-2-11(7)15(12,13)8-4-9-10-5-8/h4-5,7H,2-3,6H2,1H3,(H,9,10). The maximum Gasteiger partial charge on any atom is 0.246 e. The molecule has 1 unspecified atom stereocenters. The van der Waals surface area contributed by atoms with E-state index in [1.54, 1.807) is 0 Å². The molecular weight excluding hydrogens is 218 g/mol. The van der Waals surface area contributed by atoms with Crippen LogP contribution in [0.15, 0.2) is 17.3 Å². The van der Waals surface area contributed by atoms with Crippen LogP contribution < -0.4 is 0 Å². The molecule has 0 saturated carbocycles. The van der Waals surface area contributed by atoms with Crippen LogP contribution >= 0.6 is 0 Å². The van der Waals surface area contributed by atoms with Gasteiger partial charge < -0.3 is 4.74 Å². The molecule has 0 radical (unpaired) electrons. The molecule has 15 heavy (non-hydrogen) atoms. The van der Waals surface area contributed by atoms with Crippen LogP contribution in [0.4, 0.5) is 0 Å². The van der Waals surface area contributed by atoms with E-state index in [1.807, 2.05) is 6.92 Å². The van der Waals surface area contributed by atoms with E-state index in [9.17, 15) is 8.42 Å². The Morgan fingerprint density at radius 3 is 3.07 bits per heavy atom. The van der Waals surface area contributed by atoms with Crippen molar-refractivity contribution in [2.24, 2.45) is 0 Å². The maximum atomic E-state index is 12.1. The van der Waals surface area contributed by atoms with E-state index >= 15 is 0 Å². The van der Waals surface area contributed by atoms with Gasteiger partial charge in [0.05, 0.1) is 19.4 Å². The molecule has 1 aliphatic heterocycles. The zero-order chi connectivity index (χ0) is 10.9. The molecule has 1 aliphatic rings. The molecule has 1 fully saturated rings. The lowest BCUT2D eigenvalue weighted by Gasteiger charge is -2.31. The van der Waals surface area contributed by atoms with Crippen LogP contribution in [-0.4, -0.2) is 48.7 Å². The van der Waals surface area contributed by atoms with Crippen LogP contribution in [0, 0.1) is 0 Å². The Balaban J connectivity index is 2.29. The zero-order valence-corrected chi connectivity index (χ0v) is 9.20. The van der Waals surface area contributed by atoms with Gasteiger partial charge in [-0.2, -0.15) is 9.40 Å². The molecule has 0 bridgehead atoms. The Morgan fingerprint density at radius 1 is 1.67 bits per heavy atom. The predicted octanol–water partition coefficient (Wildman–Crippen LogP) is -0.181. The van der Waals surface area contributed by atoms with E-state index < -0.39 is 10.0 Å². The highest BCUT2D eigenvalue weighted by atomic mass is 32.2. The number of nitrogens with zero attached hydrogens (tertiary/aromatic N) is 2. The number of aromatic nitrogens is 2. The second-order valence-corrected chi connectivity index (χ2v) is 5.36. The minimum atomic E-state index is -3.41. The number of sulfonamides is 1. The minimum Gasteiger partial charge on any atom is -0.378 e. The molecule has 0 aromatic carbocycles. The molecule has 1 atom stereocenters. The summed E-state index contributed by atoms with van der Waals surface area (Å²) in [6.45, 7) is 3.12. The number of nitrogens with one attached hydrogen (secondary N) is 1. The Bertz CT molecular complexity index is 414. The summed E-state index contributed by atoms with van der Waals surface area (Å²) in [5, 5.41) is 6.15. The van der Waals surface area contributed by atoms with Gasteiger partial charge in [0.25, 0.3) is 0 Å². The molecular formula is C8H13N3O3S. The van der Waals surface area contributed by atoms with Gasteiger partial charge in [-0.15, -0.1) is 0 Å². The van der Waals surface area contributed by atoms with E-state index in [1.165, 1.54) is 16.7 Å². The Kier molecular flexibility index (Phi) is 2.76. The largest absolute Gasteiger partial charge is 0.378 e. The van der Waals surface area contributed by atoms with Gasteiger partial charge in [0.1, 0.15) is 4.90 Å². The van der Waals surface area contributed by atoms with Gasteiger partial charge in [0, 0.05) is 18.8 Å². The van der Waals surface area contributed by atoms with E-state index in [4.69, 9.17) is 4.74 Å². The summed E-state index contributed by atoms with van der Waals surface area (Å²) in [6, 6.07) is -0.126. The third-order valence-corrected chi connectivity index (χ3v) is 4.37. The van der Waals surface area contributed by atoms with Crippen molar-refractivity contribution in [3.8, 4) is 0 Å². The van der Waals surface area contributed by atoms with Crippen molar-refractivity contribution in [3.63, 3.8) is 0 Å². The smallest absolute Gasteiger partial charge is 0.246 e. The summed E-state index contributed by atoms with van der Waals surface area (Å²) in [5.74, 6) is 0. The number of hydrogen-bond donors (Lipinski definition) is 1. The zero-order valence-electron chi connectivity index (χ0n) is 8.38. The van der Waals surface area contributed by atoms with E-state index in [-0.39, 0.29) is 10.9 Å². The lowest BCUT2D eigenvalue weighted by molar-refractivity contribution is 0.0393. The first-order valence-electron chi connectivity index (χ1n) is 4.71. The molecule has 7 heteroatoms. The van der Waals surface area contributed by atoms with Gasteiger partial charge >= 0.3 is 0 Å². The summed E-state index contributed by atoms with van der Waals surface area (Å²) in [4.78, 5) is 0.205. The summed E-state index contributed by atoms with van der Waals surface area (Å²) in [5.41, 5.74) is 0. The van der Waals surface area contributed by atoms with Crippen molar-refractivity contribution in [3.05, 3.63) is 12.4 Å². The molecule has 1 N–H and O–H groups in total. The van der Waals surface area contributed by atoms with Gasteiger partial charge in [0.2, 0.25) is 10.0 Å². The highest BCUT2D eigenvalue weighted by Gasteiger charge is 2.31. The van der Waals surface area contributed by atoms with Crippen molar-refractivity contribution < 1.29 is 13.2 Å². The summed E-state index contributed by atoms with van der Waals surface area (Å²) in [7, 11) is -3.41. The Hall–Kier alpha value is -0.920. The van der Waals surface area contributed by atoms with Crippen LogP contribution in [0.2, 0.25) is 0 Å². The Morgan fingerprint density at radius 2 is 2.47 bits per heavy atom. The SMILES string of the molecule is CC1COCCN1S(=O)(=O)c1cn[nH]c1. The van der Waals surface area contributed by atoms with E-state index in [2.05, 4.69) is 10.2 Å². The van der Waals surface area contributed by atoms with Gasteiger partial charge in [0.15, 0.2) is 0 Å². The number of H-pyrrole nitrogens is 1. The maximum absolute atomic E-state index is 12.1. The average molecular weight is 231 g/mol. The molecule has 2 rings (SSSR count). The molecule has 0 aliphatic carbocycles. The van der Waals surface area contributed by atoms with Crippen LogP contribution in [0.1, 0.15) is 6.92 Å². The number of morpholine rings is 1. The topological polar surface area (TPSA) is 75.3 Å². The van der Waals surface area contributed by atoms with Crippen molar-refractivity contribution in [2.75, 3.05) is 19.8 Å². The fourth-order valence-electron chi connectivity index (χ4n) is 1.58. The van der Waals surface area contributed by atoms with Crippen LogP contribution in [0.25, 0.3) is 0 Å². The molecule has 1 aromatic rings. The molecule has 6 nitrogen and oxygen atoms in total. The van der Waals surface area contributed by atoms with Crippen LogP contribution in [0.5, 0.6) is 0 Å².